The average Bonchev–Trinajstić information content (AvgIpc) is 2.73. The Morgan fingerprint density at radius 3 is 2.77 bits per heavy atom. The molecule has 120 valence electrons. The second-order valence-electron chi connectivity index (χ2n) is 5.33. The van der Waals surface area contributed by atoms with Crippen LogP contribution in [0.2, 0.25) is 0 Å². The Bertz CT molecular complexity index is 557. The summed E-state index contributed by atoms with van der Waals surface area (Å²) in [5, 5.41) is 11.1. The van der Waals surface area contributed by atoms with E-state index in [2.05, 4.69) is 0 Å². The molecule has 4 atom stereocenters. The fraction of sp³-hybridized carbons (Fsp3) is 0.500. The number of thioether (sulfide) groups is 1. The van der Waals surface area contributed by atoms with E-state index in [0.29, 0.717) is 17.8 Å². The van der Waals surface area contributed by atoms with Crippen molar-refractivity contribution in [1.82, 2.24) is 4.90 Å². The summed E-state index contributed by atoms with van der Waals surface area (Å²) in [5.74, 6) is -1.94. The van der Waals surface area contributed by atoms with E-state index in [-0.39, 0.29) is 23.7 Å². The van der Waals surface area contributed by atoms with E-state index in [1.807, 2.05) is 6.92 Å². The van der Waals surface area contributed by atoms with Crippen LogP contribution >= 0.6 is 11.8 Å². The van der Waals surface area contributed by atoms with Crippen molar-refractivity contribution in [2.24, 2.45) is 11.7 Å². The predicted octanol–water partition coefficient (Wildman–Crippen LogP) is 0.669. The standard InChI is InChI=1S/C14H18N2O5S/c1-7(15)3-4-22-10-5-9-11(8(2)21-6-17)13(18)16(9)12(10)14(19)20/h3-4,6-9,11H,5,15H2,1-2H3,(H,19,20)/t7?,8-,9-,11-/m1/s1. The molecule has 2 heterocycles. The molecular weight excluding hydrogens is 308 g/mol. The number of β-lactam (4-membered cyclic amide) rings is 1. The molecule has 2 aliphatic heterocycles. The minimum atomic E-state index is -1.13. The van der Waals surface area contributed by atoms with Gasteiger partial charge in [-0.05, 0) is 19.3 Å². The third-order valence-electron chi connectivity index (χ3n) is 3.74. The number of hydrogen-bond donors (Lipinski definition) is 2. The molecule has 2 aliphatic rings. The molecule has 0 bridgehead atoms. The van der Waals surface area contributed by atoms with Crippen LogP contribution in [0.5, 0.6) is 0 Å². The van der Waals surface area contributed by atoms with Crippen molar-refractivity contribution < 1.29 is 24.2 Å². The monoisotopic (exact) mass is 326 g/mol. The molecule has 1 saturated heterocycles. The van der Waals surface area contributed by atoms with Gasteiger partial charge in [-0.15, -0.1) is 11.8 Å². The molecule has 3 N–H and O–H groups in total. The molecule has 7 nitrogen and oxygen atoms in total. The number of nitrogens with zero attached hydrogens (tertiary/aromatic N) is 1. The van der Waals surface area contributed by atoms with Crippen molar-refractivity contribution in [3.05, 3.63) is 22.1 Å². The van der Waals surface area contributed by atoms with Gasteiger partial charge < -0.3 is 20.5 Å². The van der Waals surface area contributed by atoms with Crippen LogP contribution in [0.3, 0.4) is 0 Å². The van der Waals surface area contributed by atoms with Crippen LogP contribution in [0.25, 0.3) is 0 Å². The van der Waals surface area contributed by atoms with Crippen LogP contribution in [0.15, 0.2) is 22.1 Å². The molecule has 0 aromatic rings. The summed E-state index contributed by atoms with van der Waals surface area (Å²) in [4.78, 5) is 36.0. The third-order valence-corrected chi connectivity index (χ3v) is 4.68. The summed E-state index contributed by atoms with van der Waals surface area (Å²) in [5.41, 5.74) is 5.63. The average molecular weight is 326 g/mol. The molecule has 1 unspecified atom stereocenters. The van der Waals surface area contributed by atoms with Gasteiger partial charge in [0.2, 0.25) is 5.91 Å². The minimum absolute atomic E-state index is 0.0175. The summed E-state index contributed by atoms with van der Waals surface area (Å²) < 4.78 is 4.84. The quantitative estimate of drug-likeness (QED) is 0.522. The van der Waals surface area contributed by atoms with Gasteiger partial charge in [-0.3, -0.25) is 9.59 Å². The summed E-state index contributed by atoms with van der Waals surface area (Å²) in [6, 6.07) is -0.394. The summed E-state index contributed by atoms with van der Waals surface area (Å²) in [6.07, 6.45) is 1.63. The third kappa shape index (κ3) is 2.89. The van der Waals surface area contributed by atoms with Crippen molar-refractivity contribution >= 4 is 30.1 Å². The van der Waals surface area contributed by atoms with Crippen molar-refractivity contribution in [2.75, 3.05) is 0 Å². The number of nitrogens with two attached hydrogens (primary N) is 1. The zero-order chi connectivity index (χ0) is 16.4. The number of fused-ring (bicyclic) bond motifs is 1. The van der Waals surface area contributed by atoms with Crippen LogP contribution in [0.1, 0.15) is 20.3 Å². The topological polar surface area (TPSA) is 110 Å². The first-order valence-corrected chi connectivity index (χ1v) is 7.74. The van der Waals surface area contributed by atoms with Crippen LogP contribution < -0.4 is 5.73 Å². The minimum Gasteiger partial charge on any atom is -0.477 e. The van der Waals surface area contributed by atoms with Gasteiger partial charge >= 0.3 is 5.97 Å². The zero-order valence-corrected chi connectivity index (χ0v) is 13.1. The maximum absolute atomic E-state index is 12.2. The van der Waals surface area contributed by atoms with Crippen molar-refractivity contribution in [3.8, 4) is 0 Å². The van der Waals surface area contributed by atoms with Gasteiger partial charge in [0, 0.05) is 17.4 Å². The molecule has 1 fully saturated rings. The molecule has 0 radical (unpaired) electrons. The second kappa shape index (κ2) is 6.53. The van der Waals surface area contributed by atoms with E-state index in [1.54, 1.807) is 18.4 Å². The van der Waals surface area contributed by atoms with Gasteiger partial charge in [0.1, 0.15) is 11.8 Å². The lowest BCUT2D eigenvalue weighted by Crippen LogP contribution is -2.62. The number of ether oxygens (including phenoxy) is 1. The highest BCUT2D eigenvalue weighted by molar-refractivity contribution is 8.05. The van der Waals surface area contributed by atoms with Gasteiger partial charge in [-0.1, -0.05) is 6.08 Å². The number of carboxylic acid groups (broad SMARTS) is 1. The van der Waals surface area contributed by atoms with E-state index >= 15 is 0 Å². The highest BCUT2D eigenvalue weighted by atomic mass is 32.2. The van der Waals surface area contributed by atoms with E-state index in [1.165, 1.54) is 16.7 Å². The number of carboxylic acids is 1. The molecule has 0 saturated carbocycles. The molecule has 1 amide bonds. The Morgan fingerprint density at radius 2 is 2.23 bits per heavy atom. The Labute approximate surface area is 132 Å². The van der Waals surface area contributed by atoms with E-state index < -0.39 is 18.0 Å². The lowest BCUT2D eigenvalue weighted by atomic mass is 9.83. The van der Waals surface area contributed by atoms with Crippen LogP contribution in [-0.4, -0.2) is 46.5 Å². The Morgan fingerprint density at radius 1 is 1.55 bits per heavy atom. The van der Waals surface area contributed by atoms with Gasteiger partial charge in [0.25, 0.3) is 6.47 Å². The molecule has 0 aliphatic carbocycles. The molecule has 0 aromatic heterocycles. The molecule has 2 rings (SSSR count). The summed E-state index contributed by atoms with van der Waals surface area (Å²) in [7, 11) is 0. The highest BCUT2D eigenvalue weighted by Gasteiger charge is 2.57. The van der Waals surface area contributed by atoms with E-state index in [0.717, 1.165) is 0 Å². The van der Waals surface area contributed by atoms with Crippen LogP contribution in [0.4, 0.5) is 0 Å². The molecule has 8 heteroatoms. The van der Waals surface area contributed by atoms with Gasteiger partial charge in [-0.25, -0.2) is 4.79 Å². The number of hydrogen-bond acceptors (Lipinski definition) is 6. The zero-order valence-electron chi connectivity index (χ0n) is 12.3. The summed E-state index contributed by atoms with van der Waals surface area (Å²) in [6.45, 7) is 3.75. The predicted molar refractivity (Wildman–Crippen MR) is 80.4 cm³/mol. The van der Waals surface area contributed by atoms with E-state index in [4.69, 9.17) is 10.5 Å². The maximum atomic E-state index is 12.2. The number of rotatable bonds is 7. The van der Waals surface area contributed by atoms with E-state index in [9.17, 15) is 19.5 Å². The molecular formula is C14H18N2O5S. The van der Waals surface area contributed by atoms with Crippen molar-refractivity contribution in [2.45, 2.75) is 38.5 Å². The fourth-order valence-corrected chi connectivity index (χ4v) is 3.79. The van der Waals surface area contributed by atoms with Crippen molar-refractivity contribution in [3.63, 3.8) is 0 Å². The molecule has 0 aromatic carbocycles. The Kier molecular flexibility index (Phi) is 4.92. The first-order chi connectivity index (χ1) is 10.4. The smallest absolute Gasteiger partial charge is 0.353 e. The first-order valence-electron chi connectivity index (χ1n) is 6.86. The molecule has 0 spiro atoms. The SMILES string of the molecule is CC(N)C=CSC1=C(C(=O)O)N2C(=O)[C@H]([C@@H](C)OC=O)[C@H]2C1. The second-order valence-corrected chi connectivity index (χ2v) is 6.33. The van der Waals surface area contributed by atoms with Gasteiger partial charge in [-0.2, -0.15) is 0 Å². The van der Waals surface area contributed by atoms with Crippen LogP contribution in [0, 0.1) is 5.92 Å². The number of carbonyl (C=O) groups is 3. The number of aliphatic carboxylic acids is 1. The summed E-state index contributed by atoms with van der Waals surface area (Å²) >= 11 is 1.26. The van der Waals surface area contributed by atoms with Crippen molar-refractivity contribution in [1.29, 1.82) is 0 Å². The van der Waals surface area contributed by atoms with Gasteiger partial charge in [0.05, 0.1) is 12.0 Å². The normalized spacial score (nSPS) is 26.7. The fourth-order valence-electron chi connectivity index (χ4n) is 2.74. The maximum Gasteiger partial charge on any atom is 0.353 e. The number of amides is 1. The lowest BCUT2D eigenvalue weighted by Gasteiger charge is -2.45. The largest absolute Gasteiger partial charge is 0.477 e. The lowest BCUT2D eigenvalue weighted by molar-refractivity contribution is -0.165. The van der Waals surface area contributed by atoms with Gasteiger partial charge in [0.15, 0.2) is 0 Å². The highest BCUT2D eigenvalue weighted by Crippen LogP contribution is 2.47. The first kappa shape index (κ1) is 16.6. The molecule has 22 heavy (non-hydrogen) atoms. The Hall–Kier alpha value is -1.80. The number of carbonyl (C=O) groups excluding carboxylic acids is 2. The Balaban J connectivity index is 2.17. The van der Waals surface area contributed by atoms with Crippen LogP contribution in [-0.2, 0) is 19.1 Å².